The molecule has 1 heterocycles. The van der Waals surface area contributed by atoms with Gasteiger partial charge in [-0.05, 0) is 26.0 Å². The predicted octanol–water partition coefficient (Wildman–Crippen LogP) is 3.39. The highest BCUT2D eigenvalue weighted by atomic mass is 19.4. The Balaban J connectivity index is 2.30. The summed E-state index contributed by atoms with van der Waals surface area (Å²) in [6, 6.07) is 5.10. The Morgan fingerprint density at radius 1 is 1.25 bits per heavy atom. The van der Waals surface area contributed by atoms with Crippen LogP contribution in [0.15, 0.2) is 41.0 Å². The summed E-state index contributed by atoms with van der Waals surface area (Å²) >= 11 is 0. The molecule has 1 aromatic rings. The standard InChI is InChI=1S/C13H12F4N2O/c1-12(2)18-10(13(15,16)17)7-11(19-12)20-9-5-3-4-8(14)6-9/h3-7,18H,1-2H3. The Bertz CT molecular complexity index is 576. The quantitative estimate of drug-likeness (QED) is 0.804. The first-order chi connectivity index (χ1) is 9.16. The zero-order valence-corrected chi connectivity index (χ0v) is 10.8. The van der Waals surface area contributed by atoms with Gasteiger partial charge in [-0.15, -0.1) is 0 Å². The smallest absolute Gasteiger partial charge is 0.431 e. The van der Waals surface area contributed by atoms with Gasteiger partial charge in [0.15, 0.2) is 0 Å². The molecule has 0 atom stereocenters. The maximum atomic E-state index is 13.0. The molecule has 2 rings (SSSR count). The molecule has 0 spiro atoms. The number of ether oxygens (including phenoxy) is 1. The molecular weight excluding hydrogens is 276 g/mol. The molecule has 3 nitrogen and oxygen atoms in total. The third kappa shape index (κ3) is 3.49. The summed E-state index contributed by atoms with van der Waals surface area (Å²) in [5, 5.41) is 2.25. The minimum Gasteiger partial charge on any atom is -0.439 e. The topological polar surface area (TPSA) is 33.6 Å². The van der Waals surface area contributed by atoms with Gasteiger partial charge in [0.05, 0.1) is 0 Å². The van der Waals surface area contributed by atoms with E-state index in [4.69, 9.17) is 4.74 Å². The van der Waals surface area contributed by atoms with Crippen LogP contribution >= 0.6 is 0 Å². The Labute approximate surface area is 113 Å². The lowest BCUT2D eigenvalue weighted by atomic mass is 10.2. The van der Waals surface area contributed by atoms with E-state index in [0.717, 1.165) is 12.1 Å². The molecule has 0 aliphatic carbocycles. The summed E-state index contributed by atoms with van der Waals surface area (Å²) in [7, 11) is 0. The highest BCUT2D eigenvalue weighted by Crippen LogP contribution is 2.28. The van der Waals surface area contributed by atoms with E-state index in [1.54, 1.807) is 0 Å². The Morgan fingerprint density at radius 2 is 1.95 bits per heavy atom. The van der Waals surface area contributed by atoms with Crippen molar-refractivity contribution in [3.63, 3.8) is 0 Å². The molecule has 1 N–H and O–H groups in total. The zero-order valence-electron chi connectivity index (χ0n) is 10.8. The second-order valence-corrected chi connectivity index (χ2v) is 4.75. The van der Waals surface area contributed by atoms with E-state index in [9.17, 15) is 17.6 Å². The van der Waals surface area contributed by atoms with Gasteiger partial charge in [0.1, 0.15) is 22.9 Å². The van der Waals surface area contributed by atoms with E-state index < -0.39 is 23.4 Å². The molecule has 1 aliphatic heterocycles. The molecule has 7 heteroatoms. The van der Waals surface area contributed by atoms with E-state index in [0.29, 0.717) is 0 Å². The van der Waals surface area contributed by atoms with Crippen molar-refractivity contribution < 1.29 is 22.3 Å². The summed E-state index contributed by atoms with van der Waals surface area (Å²) in [5.41, 5.74) is -2.12. The molecule has 0 bridgehead atoms. The zero-order chi connectivity index (χ0) is 15.0. The fraction of sp³-hybridized carbons (Fsp3) is 0.308. The maximum Gasteiger partial charge on any atom is 0.431 e. The molecule has 0 saturated heterocycles. The second kappa shape index (κ2) is 4.81. The van der Waals surface area contributed by atoms with Crippen LogP contribution < -0.4 is 10.1 Å². The van der Waals surface area contributed by atoms with Crippen molar-refractivity contribution in [1.82, 2.24) is 5.32 Å². The molecule has 0 amide bonds. The third-order valence-corrected chi connectivity index (χ3v) is 2.42. The molecule has 1 aromatic carbocycles. The third-order valence-electron chi connectivity index (χ3n) is 2.42. The molecule has 108 valence electrons. The average Bonchev–Trinajstić information content (AvgIpc) is 2.25. The van der Waals surface area contributed by atoms with E-state index in [-0.39, 0.29) is 11.6 Å². The van der Waals surface area contributed by atoms with Crippen molar-refractivity contribution in [2.45, 2.75) is 25.7 Å². The van der Waals surface area contributed by atoms with Crippen molar-refractivity contribution in [1.29, 1.82) is 0 Å². The van der Waals surface area contributed by atoms with Gasteiger partial charge in [-0.1, -0.05) is 6.07 Å². The number of nitrogens with zero attached hydrogens (tertiary/aromatic N) is 1. The number of hydrogen-bond donors (Lipinski definition) is 1. The summed E-state index contributed by atoms with van der Waals surface area (Å²) in [6.45, 7) is 2.95. The fourth-order valence-corrected chi connectivity index (χ4v) is 1.68. The first-order valence-electron chi connectivity index (χ1n) is 5.76. The fourth-order valence-electron chi connectivity index (χ4n) is 1.68. The van der Waals surface area contributed by atoms with Crippen LogP contribution in [0.1, 0.15) is 13.8 Å². The number of rotatable bonds is 1. The lowest BCUT2D eigenvalue weighted by Gasteiger charge is -2.30. The normalized spacial score (nSPS) is 17.9. The van der Waals surface area contributed by atoms with Gasteiger partial charge in [0, 0.05) is 12.1 Å². The number of hydrogen-bond acceptors (Lipinski definition) is 3. The minimum atomic E-state index is -4.54. The van der Waals surface area contributed by atoms with Crippen LogP contribution in [-0.4, -0.2) is 17.7 Å². The van der Waals surface area contributed by atoms with Gasteiger partial charge < -0.3 is 10.1 Å². The van der Waals surface area contributed by atoms with Crippen molar-refractivity contribution in [2.24, 2.45) is 4.99 Å². The Hall–Kier alpha value is -2.05. The summed E-state index contributed by atoms with van der Waals surface area (Å²) in [6.07, 6.45) is -3.79. The number of alkyl halides is 3. The summed E-state index contributed by atoms with van der Waals surface area (Å²) in [4.78, 5) is 3.99. The first kappa shape index (κ1) is 14.4. The van der Waals surface area contributed by atoms with Gasteiger partial charge in [0.25, 0.3) is 0 Å². The Kier molecular flexibility index (Phi) is 3.45. The van der Waals surface area contributed by atoms with Crippen LogP contribution in [0.4, 0.5) is 17.6 Å². The molecular formula is C13H12F4N2O. The molecule has 0 aromatic heterocycles. The van der Waals surface area contributed by atoms with Crippen molar-refractivity contribution in [3.8, 4) is 5.75 Å². The maximum absolute atomic E-state index is 13.0. The van der Waals surface area contributed by atoms with Crippen molar-refractivity contribution >= 4 is 5.90 Å². The lowest BCUT2D eigenvalue weighted by Crippen LogP contribution is -2.45. The highest BCUT2D eigenvalue weighted by Gasteiger charge is 2.39. The summed E-state index contributed by atoms with van der Waals surface area (Å²) < 4.78 is 56.5. The summed E-state index contributed by atoms with van der Waals surface area (Å²) in [5.74, 6) is -0.692. The van der Waals surface area contributed by atoms with Crippen LogP contribution in [0, 0.1) is 5.82 Å². The van der Waals surface area contributed by atoms with Crippen LogP contribution in [0.3, 0.4) is 0 Å². The Morgan fingerprint density at radius 3 is 2.55 bits per heavy atom. The second-order valence-electron chi connectivity index (χ2n) is 4.75. The number of benzene rings is 1. The first-order valence-corrected chi connectivity index (χ1v) is 5.76. The number of aliphatic imine (C=N–C) groups is 1. The van der Waals surface area contributed by atoms with E-state index in [1.165, 1.54) is 32.0 Å². The average molecular weight is 288 g/mol. The van der Waals surface area contributed by atoms with E-state index in [1.807, 2.05) is 0 Å². The van der Waals surface area contributed by atoms with Crippen LogP contribution in [-0.2, 0) is 0 Å². The van der Waals surface area contributed by atoms with Crippen LogP contribution in [0.5, 0.6) is 5.75 Å². The minimum absolute atomic E-state index is 0.0826. The van der Waals surface area contributed by atoms with Crippen molar-refractivity contribution in [3.05, 3.63) is 41.9 Å². The lowest BCUT2D eigenvalue weighted by molar-refractivity contribution is -0.0994. The number of halogens is 4. The van der Waals surface area contributed by atoms with Crippen LogP contribution in [0.2, 0.25) is 0 Å². The number of nitrogens with one attached hydrogen (secondary N) is 1. The molecule has 1 aliphatic rings. The monoisotopic (exact) mass is 288 g/mol. The molecule has 0 unspecified atom stereocenters. The van der Waals surface area contributed by atoms with E-state index in [2.05, 4.69) is 10.3 Å². The highest BCUT2D eigenvalue weighted by molar-refractivity contribution is 5.91. The SMILES string of the molecule is CC1(C)N=C(Oc2cccc(F)c2)C=C(C(F)(F)F)N1. The van der Waals surface area contributed by atoms with Gasteiger partial charge >= 0.3 is 6.18 Å². The van der Waals surface area contributed by atoms with Gasteiger partial charge in [-0.3, -0.25) is 0 Å². The van der Waals surface area contributed by atoms with E-state index >= 15 is 0 Å². The van der Waals surface area contributed by atoms with Gasteiger partial charge in [0.2, 0.25) is 5.90 Å². The molecule has 0 fully saturated rings. The predicted molar refractivity (Wildman–Crippen MR) is 65.8 cm³/mol. The van der Waals surface area contributed by atoms with Crippen LogP contribution in [0.25, 0.3) is 0 Å². The number of allylic oxidation sites excluding steroid dienone is 1. The van der Waals surface area contributed by atoms with Crippen molar-refractivity contribution in [2.75, 3.05) is 0 Å². The molecule has 20 heavy (non-hydrogen) atoms. The molecule has 0 radical (unpaired) electrons. The van der Waals surface area contributed by atoms with Gasteiger partial charge in [-0.25, -0.2) is 9.38 Å². The largest absolute Gasteiger partial charge is 0.439 e. The van der Waals surface area contributed by atoms with Gasteiger partial charge in [-0.2, -0.15) is 13.2 Å². The molecule has 0 saturated carbocycles.